The molecule has 1 atom stereocenters. The third-order valence-electron chi connectivity index (χ3n) is 3.27. The Hall–Kier alpha value is -1.71. The van der Waals surface area contributed by atoms with E-state index >= 15 is 0 Å². The standard InChI is InChI=1S/C12H21N3O6/c16-10(17)5-9-6-14(7-11(18)19)3-1-13-2-4-15(9)8-12(20)21/h9,13H,1-8H2,(H,16,17)(H,18,19)(H,20,21). The Kier molecular flexibility index (Phi) is 7.06. The molecule has 120 valence electrons. The predicted octanol–water partition coefficient (Wildman–Crippen LogP) is -1.79. The molecule has 1 aliphatic rings. The summed E-state index contributed by atoms with van der Waals surface area (Å²) in [5.41, 5.74) is 0. The number of hydrogen-bond donors (Lipinski definition) is 4. The monoisotopic (exact) mass is 303 g/mol. The lowest BCUT2D eigenvalue weighted by atomic mass is 10.1. The third-order valence-corrected chi connectivity index (χ3v) is 3.27. The number of rotatable bonds is 6. The first-order valence-electron chi connectivity index (χ1n) is 6.71. The minimum Gasteiger partial charge on any atom is -0.481 e. The number of aliphatic carboxylic acids is 3. The third kappa shape index (κ3) is 7.02. The van der Waals surface area contributed by atoms with Gasteiger partial charge in [-0.1, -0.05) is 0 Å². The second kappa shape index (κ2) is 8.55. The molecule has 1 heterocycles. The van der Waals surface area contributed by atoms with Gasteiger partial charge in [0.05, 0.1) is 19.5 Å². The Balaban J connectivity index is 2.84. The van der Waals surface area contributed by atoms with Crippen molar-refractivity contribution in [2.75, 3.05) is 45.8 Å². The van der Waals surface area contributed by atoms with Crippen LogP contribution in [0, 0.1) is 0 Å². The SMILES string of the molecule is O=C(O)CC1CN(CC(=O)O)CCNCCN1CC(=O)O. The van der Waals surface area contributed by atoms with Crippen LogP contribution in [0.25, 0.3) is 0 Å². The first kappa shape index (κ1) is 17.3. The van der Waals surface area contributed by atoms with Crippen molar-refractivity contribution in [3.05, 3.63) is 0 Å². The van der Waals surface area contributed by atoms with Gasteiger partial charge in [0.15, 0.2) is 0 Å². The highest BCUT2D eigenvalue weighted by atomic mass is 16.4. The minimum absolute atomic E-state index is 0.196. The summed E-state index contributed by atoms with van der Waals surface area (Å²) in [6, 6.07) is -0.530. The summed E-state index contributed by atoms with van der Waals surface area (Å²) < 4.78 is 0. The van der Waals surface area contributed by atoms with Gasteiger partial charge in [-0.3, -0.25) is 24.2 Å². The molecule has 0 aromatic rings. The largest absolute Gasteiger partial charge is 0.481 e. The van der Waals surface area contributed by atoms with Gasteiger partial charge in [-0.15, -0.1) is 0 Å². The quantitative estimate of drug-likeness (QED) is 0.449. The molecule has 0 saturated carbocycles. The van der Waals surface area contributed by atoms with E-state index in [-0.39, 0.29) is 26.1 Å². The van der Waals surface area contributed by atoms with Gasteiger partial charge < -0.3 is 20.6 Å². The van der Waals surface area contributed by atoms with E-state index in [4.69, 9.17) is 15.3 Å². The summed E-state index contributed by atoms with van der Waals surface area (Å²) in [7, 11) is 0. The summed E-state index contributed by atoms with van der Waals surface area (Å²) in [4.78, 5) is 36.0. The maximum absolute atomic E-state index is 11.0. The van der Waals surface area contributed by atoms with E-state index in [2.05, 4.69) is 5.32 Å². The maximum atomic E-state index is 11.0. The van der Waals surface area contributed by atoms with Gasteiger partial charge in [0.25, 0.3) is 0 Å². The Morgan fingerprint density at radius 1 is 0.952 bits per heavy atom. The summed E-state index contributed by atoms with van der Waals surface area (Å²) in [6.45, 7) is 1.75. The molecular formula is C12H21N3O6. The second-order valence-corrected chi connectivity index (χ2v) is 4.99. The lowest BCUT2D eigenvalue weighted by Gasteiger charge is -2.32. The fraction of sp³-hybridized carbons (Fsp3) is 0.750. The molecule has 1 fully saturated rings. The molecule has 0 aromatic heterocycles. The Morgan fingerprint density at radius 3 is 2.14 bits per heavy atom. The van der Waals surface area contributed by atoms with Crippen LogP contribution in [0.5, 0.6) is 0 Å². The van der Waals surface area contributed by atoms with E-state index in [1.807, 2.05) is 0 Å². The molecular weight excluding hydrogens is 282 g/mol. The molecule has 1 aliphatic heterocycles. The van der Waals surface area contributed by atoms with Crippen molar-refractivity contribution in [2.24, 2.45) is 0 Å². The Labute approximate surface area is 122 Å². The van der Waals surface area contributed by atoms with E-state index in [1.165, 1.54) is 0 Å². The summed E-state index contributed by atoms with van der Waals surface area (Å²) in [5, 5.41) is 29.9. The number of carboxylic acid groups (broad SMARTS) is 3. The van der Waals surface area contributed by atoms with Crippen molar-refractivity contribution in [2.45, 2.75) is 12.5 Å². The van der Waals surface area contributed by atoms with Crippen molar-refractivity contribution >= 4 is 17.9 Å². The van der Waals surface area contributed by atoms with Crippen molar-refractivity contribution < 1.29 is 29.7 Å². The zero-order chi connectivity index (χ0) is 15.8. The van der Waals surface area contributed by atoms with Crippen molar-refractivity contribution in [1.29, 1.82) is 0 Å². The summed E-state index contributed by atoms with van der Waals surface area (Å²) in [6.07, 6.45) is -0.219. The lowest BCUT2D eigenvalue weighted by Crippen LogP contribution is -2.48. The Bertz CT molecular complexity index is 389. The number of nitrogens with one attached hydrogen (secondary N) is 1. The van der Waals surface area contributed by atoms with Crippen LogP contribution in [0.2, 0.25) is 0 Å². The molecule has 9 nitrogen and oxygen atoms in total. The number of carbonyl (C=O) groups is 3. The number of nitrogens with zero attached hydrogens (tertiary/aromatic N) is 2. The van der Waals surface area contributed by atoms with Crippen LogP contribution in [0.1, 0.15) is 6.42 Å². The van der Waals surface area contributed by atoms with Gasteiger partial charge in [-0.2, -0.15) is 0 Å². The van der Waals surface area contributed by atoms with Gasteiger partial charge in [0, 0.05) is 38.8 Å². The van der Waals surface area contributed by atoms with E-state index < -0.39 is 23.9 Å². The van der Waals surface area contributed by atoms with Crippen molar-refractivity contribution in [3.63, 3.8) is 0 Å². The predicted molar refractivity (Wildman–Crippen MR) is 72.2 cm³/mol. The van der Waals surface area contributed by atoms with Gasteiger partial charge in [-0.25, -0.2) is 0 Å². The molecule has 0 aliphatic carbocycles. The van der Waals surface area contributed by atoms with Crippen LogP contribution < -0.4 is 5.32 Å². The molecule has 1 rings (SSSR count). The molecule has 1 saturated heterocycles. The smallest absolute Gasteiger partial charge is 0.317 e. The fourth-order valence-electron chi connectivity index (χ4n) is 2.38. The molecule has 0 radical (unpaired) electrons. The molecule has 4 N–H and O–H groups in total. The number of hydrogen-bond acceptors (Lipinski definition) is 6. The Morgan fingerprint density at radius 2 is 1.57 bits per heavy atom. The molecule has 0 aromatic carbocycles. The molecule has 0 amide bonds. The normalized spacial score (nSPS) is 22.0. The van der Waals surface area contributed by atoms with Crippen LogP contribution in [0.15, 0.2) is 0 Å². The first-order valence-corrected chi connectivity index (χ1v) is 6.71. The van der Waals surface area contributed by atoms with Crippen LogP contribution in [0.3, 0.4) is 0 Å². The van der Waals surface area contributed by atoms with Crippen molar-refractivity contribution in [3.8, 4) is 0 Å². The van der Waals surface area contributed by atoms with E-state index in [0.29, 0.717) is 26.2 Å². The van der Waals surface area contributed by atoms with Crippen molar-refractivity contribution in [1.82, 2.24) is 15.1 Å². The molecule has 9 heteroatoms. The molecule has 21 heavy (non-hydrogen) atoms. The van der Waals surface area contributed by atoms with Crippen LogP contribution >= 0.6 is 0 Å². The topological polar surface area (TPSA) is 130 Å². The first-order chi connectivity index (χ1) is 9.88. The molecule has 1 unspecified atom stereocenters. The average Bonchev–Trinajstić information content (AvgIpc) is 2.40. The van der Waals surface area contributed by atoms with Gasteiger partial charge in [-0.05, 0) is 0 Å². The highest BCUT2D eigenvalue weighted by Crippen LogP contribution is 2.08. The number of carboxylic acids is 3. The lowest BCUT2D eigenvalue weighted by molar-refractivity contribution is -0.143. The van der Waals surface area contributed by atoms with E-state index in [0.717, 1.165) is 0 Å². The average molecular weight is 303 g/mol. The van der Waals surface area contributed by atoms with Crippen LogP contribution in [0.4, 0.5) is 0 Å². The highest BCUT2D eigenvalue weighted by Gasteiger charge is 2.27. The van der Waals surface area contributed by atoms with Gasteiger partial charge in [0.1, 0.15) is 0 Å². The maximum Gasteiger partial charge on any atom is 0.317 e. The summed E-state index contributed by atoms with van der Waals surface area (Å²) >= 11 is 0. The minimum atomic E-state index is -1.03. The van der Waals surface area contributed by atoms with Gasteiger partial charge >= 0.3 is 17.9 Å². The zero-order valence-corrected chi connectivity index (χ0v) is 11.7. The van der Waals surface area contributed by atoms with E-state index in [9.17, 15) is 14.4 Å². The highest BCUT2D eigenvalue weighted by molar-refractivity contribution is 5.70. The van der Waals surface area contributed by atoms with Gasteiger partial charge in [0.2, 0.25) is 0 Å². The molecule has 0 spiro atoms. The summed E-state index contributed by atoms with van der Waals surface area (Å²) in [5.74, 6) is -3.06. The van der Waals surface area contributed by atoms with E-state index in [1.54, 1.807) is 9.80 Å². The zero-order valence-electron chi connectivity index (χ0n) is 11.7. The van der Waals surface area contributed by atoms with Crippen LogP contribution in [-0.2, 0) is 14.4 Å². The fourth-order valence-corrected chi connectivity index (χ4v) is 2.38. The van der Waals surface area contributed by atoms with Crippen LogP contribution in [-0.4, -0.2) is 94.9 Å². The second-order valence-electron chi connectivity index (χ2n) is 4.99. The molecule has 0 bridgehead atoms.